The molecule has 1 atom stereocenters. The van der Waals surface area contributed by atoms with Crippen LogP contribution in [0.1, 0.15) is 17.2 Å². The Morgan fingerprint density at radius 2 is 1.87 bits per heavy atom. The van der Waals surface area contributed by atoms with E-state index in [1.165, 1.54) is 25.3 Å². The van der Waals surface area contributed by atoms with Gasteiger partial charge in [-0.05, 0) is 35.4 Å². The molecule has 0 unspecified atom stereocenters. The molecule has 7 heteroatoms. The summed E-state index contributed by atoms with van der Waals surface area (Å²) in [5, 5.41) is 0.547. The van der Waals surface area contributed by atoms with Crippen LogP contribution in [0.3, 0.4) is 0 Å². The van der Waals surface area contributed by atoms with Gasteiger partial charge in [0.1, 0.15) is 12.6 Å². The van der Waals surface area contributed by atoms with Crippen LogP contribution in [0.4, 0.5) is 13.2 Å². The van der Waals surface area contributed by atoms with Crippen molar-refractivity contribution in [3.63, 3.8) is 0 Å². The second-order valence-electron chi connectivity index (χ2n) is 4.85. The molecule has 2 aromatic carbocycles. The highest BCUT2D eigenvalue weighted by atomic mass is 35.5. The molecule has 2 rings (SSSR count). The van der Waals surface area contributed by atoms with Gasteiger partial charge in [0.25, 0.3) is 0 Å². The molecule has 0 heterocycles. The van der Waals surface area contributed by atoms with E-state index >= 15 is 0 Å². The van der Waals surface area contributed by atoms with Crippen LogP contribution >= 0.6 is 11.6 Å². The van der Waals surface area contributed by atoms with Crippen molar-refractivity contribution < 1.29 is 22.6 Å². The van der Waals surface area contributed by atoms with Gasteiger partial charge >= 0.3 is 6.18 Å². The summed E-state index contributed by atoms with van der Waals surface area (Å²) in [5.41, 5.74) is 5.91. The van der Waals surface area contributed by atoms with Crippen molar-refractivity contribution in [2.75, 3.05) is 7.11 Å². The van der Waals surface area contributed by atoms with E-state index in [4.69, 9.17) is 26.8 Å². The molecule has 0 fully saturated rings. The predicted molar refractivity (Wildman–Crippen MR) is 81.8 cm³/mol. The fourth-order valence-electron chi connectivity index (χ4n) is 1.98. The smallest absolute Gasteiger partial charge is 0.407 e. The maximum atomic E-state index is 12.7. The molecule has 0 bridgehead atoms. The molecule has 0 saturated carbocycles. The van der Waals surface area contributed by atoms with Gasteiger partial charge in [-0.15, -0.1) is 0 Å². The first-order valence-corrected chi connectivity index (χ1v) is 7.06. The first-order valence-electron chi connectivity index (χ1n) is 6.68. The summed E-state index contributed by atoms with van der Waals surface area (Å²) in [6.45, 7) is 0.141. The minimum Gasteiger partial charge on any atom is -0.493 e. The summed E-state index contributed by atoms with van der Waals surface area (Å²) in [4.78, 5) is 0. The summed E-state index contributed by atoms with van der Waals surface area (Å²) < 4.78 is 48.9. The molecule has 0 aliphatic carbocycles. The molecule has 0 amide bonds. The monoisotopic (exact) mass is 345 g/mol. The van der Waals surface area contributed by atoms with Crippen molar-refractivity contribution in [3.8, 4) is 11.5 Å². The van der Waals surface area contributed by atoms with E-state index in [-0.39, 0.29) is 17.9 Å². The van der Waals surface area contributed by atoms with Crippen molar-refractivity contribution in [1.82, 2.24) is 0 Å². The van der Waals surface area contributed by atoms with Crippen LogP contribution in [-0.4, -0.2) is 13.3 Å². The third kappa shape index (κ3) is 4.53. The Labute approximate surface area is 136 Å². The summed E-state index contributed by atoms with van der Waals surface area (Å²) in [5.74, 6) is 0.509. The summed E-state index contributed by atoms with van der Waals surface area (Å²) in [6.07, 6.45) is -4.53. The van der Waals surface area contributed by atoms with Crippen LogP contribution in [0, 0.1) is 0 Å². The van der Waals surface area contributed by atoms with Crippen LogP contribution in [0.25, 0.3) is 0 Å². The normalized spacial score (nSPS) is 12.8. The van der Waals surface area contributed by atoms with Crippen molar-refractivity contribution in [3.05, 3.63) is 58.6 Å². The number of ether oxygens (including phenoxy) is 2. The molecular weight excluding hydrogens is 331 g/mol. The number of rotatable bonds is 5. The molecule has 0 spiro atoms. The molecule has 2 aromatic rings. The van der Waals surface area contributed by atoms with Crippen molar-refractivity contribution >= 4 is 11.6 Å². The Hall–Kier alpha value is -1.92. The number of alkyl halides is 3. The Bertz CT molecular complexity index is 677. The molecule has 23 heavy (non-hydrogen) atoms. The van der Waals surface area contributed by atoms with Gasteiger partial charge in [0.05, 0.1) is 7.11 Å². The van der Waals surface area contributed by atoms with E-state index in [1.807, 2.05) is 0 Å². The molecule has 2 N–H and O–H groups in total. The van der Waals surface area contributed by atoms with E-state index in [1.54, 1.807) is 24.3 Å². The number of methoxy groups -OCH3 is 1. The molecule has 0 saturated heterocycles. The lowest BCUT2D eigenvalue weighted by Gasteiger charge is -2.18. The maximum absolute atomic E-state index is 12.7. The lowest BCUT2D eigenvalue weighted by molar-refractivity contribution is -0.149. The molecule has 0 aliphatic rings. The first kappa shape index (κ1) is 17.4. The molecule has 3 nitrogen and oxygen atoms in total. The van der Waals surface area contributed by atoms with Crippen LogP contribution in [-0.2, 0) is 6.61 Å². The third-order valence-corrected chi connectivity index (χ3v) is 3.42. The second-order valence-corrected chi connectivity index (χ2v) is 5.28. The van der Waals surface area contributed by atoms with E-state index in [0.717, 1.165) is 5.56 Å². The van der Waals surface area contributed by atoms with Gasteiger partial charge in [0.2, 0.25) is 0 Å². The fourth-order valence-corrected chi connectivity index (χ4v) is 2.19. The number of hydrogen-bond acceptors (Lipinski definition) is 3. The standard InChI is InChI=1S/C16H15ClF3NO2/c1-22-13-6-5-11(15(21)16(18,19)20)8-14(13)23-9-10-3-2-4-12(17)7-10/h2-8,15H,9,21H2,1H3/t15-/m0/s1. The van der Waals surface area contributed by atoms with Crippen LogP contribution in [0.2, 0.25) is 5.02 Å². The van der Waals surface area contributed by atoms with Gasteiger partial charge in [-0.2, -0.15) is 13.2 Å². The number of nitrogens with two attached hydrogens (primary N) is 1. The lowest BCUT2D eigenvalue weighted by atomic mass is 10.1. The average Bonchev–Trinajstić information content (AvgIpc) is 2.51. The molecule has 0 aliphatic heterocycles. The highest BCUT2D eigenvalue weighted by Gasteiger charge is 2.38. The molecule has 124 valence electrons. The quantitative estimate of drug-likeness (QED) is 0.868. The highest BCUT2D eigenvalue weighted by Crippen LogP contribution is 2.36. The van der Waals surface area contributed by atoms with Crippen LogP contribution in [0.5, 0.6) is 11.5 Å². The van der Waals surface area contributed by atoms with E-state index < -0.39 is 12.2 Å². The van der Waals surface area contributed by atoms with Gasteiger partial charge < -0.3 is 15.2 Å². The Morgan fingerprint density at radius 3 is 2.48 bits per heavy atom. The minimum absolute atomic E-state index is 0.0978. The minimum atomic E-state index is -4.53. The lowest BCUT2D eigenvalue weighted by Crippen LogP contribution is -2.28. The Morgan fingerprint density at radius 1 is 1.13 bits per heavy atom. The summed E-state index contributed by atoms with van der Waals surface area (Å²) >= 11 is 5.88. The van der Waals surface area contributed by atoms with E-state index in [9.17, 15) is 13.2 Å². The number of benzene rings is 2. The molecule has 0 radical (unpaired) electrons. The Balaban J connectivity index is 2.22. The number of hydrogen-bond donors (Lipinski definition) is 1. The average molecular weight is 346 g/mol. The van der Waals surface area contributed by atoms with Crippen LogP contribution in [0.15, 0.2) is 42.5 Å². The predicted octanol–water partition coefficient (Wildman–Crippen LogP) is 4.49. The van der Waals surface area contributed by atoms with Crippen molar-refractivity contribution in [1.29, 1.82) is 0 Å². The first-order chi connectivity index (χ1) is 10.8. The molecule has 0 aromatic heterocycles. The zero-order chi connectivity index (χ0) is 17.0. The zero-order valence-electron chi connectivity index (χ0n) is 12.2. The second kappa shape index (κ2) is 7.10. The van der Waals surface area contributed by atoms with Gasteiger partial charge in [-0.3, -0.25) is 0 Å². The largest absolute Gasteiger partial charge is 0.493 e. The highest BCUT2D eigenvalue weighted by molar-refractivity contribution is 6.30. The van der Waals surface area contributed by atoms with Crippen molar-refractivity contribution in [2.24, 2.45) is 5.73 Å². The number of halogens is 4. The summed E-state index contributed by atoms with van der Waals surface area (Å²) in [7, 11) is 1.41. The van der Waals surface area contributed by atoms with E-state index in [2.05, 4.69) is 0 Å². The fraction of sp³-hybridized carbons (Fsp3) is 0.250. The topological polar surface area (TPSA) is 44.5 Å². The van der Waals surface area contributed by atoms with Gasteiger partial charge in [0, 0.05) is 5.02 Å². The van der Waals surface area contributed by atoms with Crippen LogP contribution < -0.4 is 15.2 Å². The van der Waals surface area contributed by atoms with Gasteiger partial charge in [0.15, 0.2) is 11.5 Å². The van der Waals surface area contributed by atoms with E-state index in [0.29, 0.717) is 10.8 Å². The van der Waals surface area contributed by atoms with Crippen molar-refractivity contribution in [2.45, 2.75) is 18.8 Å². The molecular formula is C16H15ClF3NO2. The zero-order valence-corrected chi connectivity index (χ0v) is 13.0. The SMILES string of the molecule is COc1ccc([C@H](N)C(F)(F)F)cc1OCc1cccc(Cl)c1. The third-order valence-electron chi connectivity index (χ3n) is 3.18. The summed E-state index contributed by atoms with van der Waals surface area (Å²) in [6, 6.07) is 8.80. The maximum Gasteiger partial charge on any atom is 0.407 e. The van der Waals surface area contributed by atoms with Gasteiger partial charge in [-0.25, -0.2) is 0 Å². The Kier molecular flexibility index (Phi) is 5.38. The van der Waals surface area contributed by atoms with Gasteiger partial charge in [-0.1, -0.05) is 29.8 Å².